The molecule has 0 aliphatic carbocycles. The second kappa shape index (κ2) is 15.8. The molecule has 0 aliphatic heterocycles. The first-order valence-electron chi connectivity index (χ1n) is 10.7. The fourth-order valence-corrected chi connectivity index (χ4v) is 2.76. The smallest absolute Gasteiger partial charge is 0.326 e. The van der Waals surface area contributed by atoms with Crippen molar-refractivity contribution in [1.82, 2.24) is 16.0 Å². The largest absolute Gasteiger partial charge is 0.481 e. The Morgan fingerprint density at radius 1 is 0.833 bits per heavy atom. The van der Waals surface area contributed by atoms with Crippen molar-refractivity contribution in [2.45, 2.75) is 69.3 Å². The molecule has 13 N–H and O–H groups in total. The van der Waals surface area contributed by atoms with Gasteiger partial charge in [-0.3, -0.25) is 29.0 Å². The molecule has 17 nitrogen and oxygen atoms in total. The van der Waals surface area contributed by atoms with E-state index in [2.05, 4.69) is 15.6 Å². The molecular weight excluding hydrogens is 486 g/mol. The van der Waals surface area contributed by atoms with Gasteiger partial charge >= 0.3 is 17.9 Å². The van der Waals surface area contributed by atoms with Crippen molar-refractivity contribution in [1.29, 1.82) is 0 Å². The number of aliphatic imine (C=N–C) groups is 1. The highest BCUT2D eigenvalue weighted by Crippen LogP contribution is 2.04. The van der Waals surface area contributed by atoms with Gasteiger partial charge in [0, 0.05) is 13.0 Å². The summed E-state index contributed by atoms with van der Waals surface area (Å²) in [5.74, 6) is -7.71. The molecule has 0 saturated heterocycles. The number of amides is 3. The predicted octanol–water partition coefficient (Wildman–Crippen LogP) is -4.37. The van der Waals surface area contributed by atoms with Crippen LogP contribution < -0.4 is 33.2 Å². The van der Waals surface area contributed by atoms with Crippen LogP contribution in [-0.4, -0.2) is 98.8 Å². The summed E-state index contributed by atoms with van der Waals surface area (Å²) in [5.41, 5.74) is 16.2. The summed E-state index contributed by atoms with van der Waals surface area (Å²) in [6.45, 7) is 1.28. The number of aliphatic hydroxyl groups excluding tert-OH is 1. The van der Waals surface area contributed by atoms with Crippen LogP contribution in [0.2, 0.25) is 0 Å². The lowest BCUT2D eigenvalue weighted by atomic mass is 10.1. The van der Waals surface area contributed by atoms with Crippen molar-refractivity contribution in [2.75, 3.05) is 6.54 Å². The number of aliphatic carboxylic acids is 3. The average molecular weight is 520 g/mol. The Kier molecular flexibility index (Phi) is 14.1. The number of rotatable bonds is 17. The number of nitrogens with two attached hydrogens (primary N) is 3. The summed E-state index contributed by atoms with van der Waals surface area (Å²) in [7, 11) is 0. The maximum atomic E-state index is 12.8. The third-order valence-electron chi connectivity index (χ3n) is 4.64. The lowest BCUT2D eigenvalue weighted by Crippen LogP contribution is -2.60. The number of nitrogens with zero attached hydrogens (tertiary/aromatic N) is 1. The van der Waals surface area contributed by atoms with E-state index < -0.39 is 85.2 Å². The molecule has 5 unspecified atom stereocenters. The molecule has 204 valence electrons. The van der Waals surface area contributed by atoms with Crippen molar-refractivity contribution in [2.24, 2.45) is 22.2 Å². The fourth-order valence-electron chi connectivity index (χ4n) is 2.76. The first kappa shape index (κ1) is 32.0. The van der Waals surface area contributed by atoms with Crippen molar-refractivity contribution in [3.63, 3.8) is 0 Å². The van der Waals surface area contributed by atoms with Gasteiger partial charge in [0.15, 0.2) is 5.96 Å². The number of carbonyl (C=O) groups is 6. The van der Waals surface area contributed by atoms with E-state index in [-0.39, 0.29) is 18.9 Å². The summed E-state index contributed by atoms with van der Waals surface area (Å²) < 4.78 is 0. The van der Waals surface area contributed by atoms with Gasteiger partial charge in [0.05, 0.1) is 18.6 Å². The summed E-state index contributed by atoms with van der Waals surface area (Å²) in [6.07, 6.45) is -3.07. The van der Waals surface area contributed by atoms with Crippen LogP contribution in [0.4, 0.5) is 0 Å². The molecule has 3 amide bonds. The zero-order chi connectivity index (χ0) is 28.0. The summed E-state index contributed by atoms with van der Waals surface area (Å²) in [5, 5.41) is 43.0. The van der Waals surface area contributed by atoms with Gasteiger partial charge in [-0.15, -0.1) is 0 Å². The molecule has 0 spiro atoms. The van der Waals surface area contributed by atoms with Crippen LogP contribution in [0.15, 0.2) is 4.99 Å². The van der Waals surface area contributed by atoms with E-state index in [0.717, 1.165) is 6.92 Å². The molecule has 0 aromatic carbocycles. The van der Waals surface area contributed by atoms with Gasteiger partial charge in [0.25, 0.3) is 0 Å². The van der Waals surface area contributed by atoms with E-state index in [4.69, 9.17) is 32.5 Å². The van der Waals surface area contributed by atoms with Crippen LogP contribution in [0.1, 0.15) is 39.0 Å². The Bertz CT molecular complexity index is 844. The molecule has 0 rings (SSSR count). The van der Waals surface area contributed by atoms with Gasteiger partial charge in [-0.1, -0.05) is 0 Å². The van der Waals surface area contributed by atoms with E-state index in [0.29, 0.717) is 6.42 Å². The number of nitrogens with one attached hydrogen (secondary N) is 3. The third-order valence-corrected chi connectivity index (χ3v) is 4.64. The summed E-state index contributed by atoms with van der Waals surface area (Å²) in [6, 6.07) is -6.21. The Labute approximate surface area is 205 Å². The molecule has 0 aliphatic rings. The van der Waals surface area contributed by atoms with Crippen LogP contribution >= 0.6 is 0 Å². The normalized spacial score (nSPS) is 14.8. The molecule has 0 aromatic heterocycles. The van der Waals surface area contributed by atoms with Gasteiger partial charge in [0.2, 0.25) is 17.7 Å². The van der Waals surface area contributed by atoms with Crippen LogP contribution in [0.25, 0.3) is 0 Å². The molecule has 0 aromatic rings. The van der Waals surface area contributed by atoms with Crippen LogP contribution in [0.3, 0.4) is 0 Å². The number of carbonyl (C=O) groups excluding carboxylic acids is 3. The van der Waals surface area contributed by atoms with Crippen molar-refractivity contribution in [3.05, 3.63) is 0 Å². The molecule has 0 bridgehead atoms. The van der Waals surface area contributed by atoms with E-state index >= 15 is 0 Å². The van der Waals surface area contributed by atoms with Gasteiger partial charge in [-0.2, -0.15) is 0 Å². The minimum absolute atomic E-state index is 0.120. The Morgan fingerprint density at radius 3 is 1.89 bits per heavy atom. The third kappa shape index (κ3) is 13.0. The Balaban J connectivity index is 5.42. The van der Waals surface area contributed by atoms with Gasteiger partial charge in [-0.05, 0) is 26.2 Å². The molecule has 0 fully saturated rings. The minimum Gasteiger partial charge on any atom is -0.481 e. The number of hydrogen-bond acceptors (Lipinski definition) is 9. The molecule has 0 saturated carbocycles. The second-order valence-corrected chi connectivity index (χ2v) is 7.77. The lowest BCUT2D eigenvalue weighted by molar-refractivity contribution is -0.148. The molecule has 0 heterocycles. The topological polar surface area (TPSA) is 310 Å². The summed E-state index contributed by atoms with van der Waals surface area (Å²) >= 11 is 0. The van der Waals surface area contributed by atoms with Gasteiger partial charge < -0.3 is 53.6 Å². The van der Waals surface area contributed by atoms with Crippen LogP contribution in [0.5, 0.6) is 0 Å². The fraction of sp³-hybridized carbons (Fsp3) is 0.632. The van der Waals surface area contributed by atoms with Crippen molar-refractivity contribution >= 4 is 41.6 Å². The van der Waals surface area contributed by atoms with Crippen molar-refractivity contribution in [3.8, 4) is 0 Å². The highest BCUT2D eigenvalue weighted by Gasteiger charge is 2.33. The molecular formula is C19H33N7O10. The van der Waals surface area contributed by atoms with E-state index in [9.17, 15) is 33.9 Å². The highest BCUT2D eigenvalue weighted by molar-refractivity contribution is 5.95. The zero-order valence-corrected chi connectivity index (χ0v) is 19.5. The van der Waals surface area contributed by atoms with Crippen LogP contribution in [-0.2, 0) is 28.8 Å². The Morgan fingerprint density at radius 2 is 1.42 bits per heavy atom. The lowest BCUT2D eigenvalue weighted by Gasteiger charge is -2.26. The van der Waals surface area contributed by atoms with E-state index in [1.54, 1.807) is 0 Å². The summed E-state index contributed by atoms with van der Waals surface area (Å²) in [4.78, 5) is 74.3. The van der Waals surface area contributed by atoms with Gasteiger partial charge in [-0.25, -0.2) is 4.79 Å². The van der Waals surface area contributed by atoms with E-state index in [1.807, 2.05) is 5.32 Å². The molecule has 0 radical (unpaired) electrons. The maximum Gasteiger partial charge on any atom is 0.326 e. The zero-order valence-electron chi connectivity index (χ0n) is 19.5. The molecule has 17 heteroatoms. The number of carboxylic acids is 3. The Hall–Kier alpha value is -3.99. The number of guanidine groups is 1. The highest BCUT2D eigenvalue weighted by atomic mass is 16.4. The first-order valence-corrected chi connectivity index (χ1v) is 10.7. The molecule has 36 heavy (non-hydrogen) atoms. The SMILES string of the molecule is CC(O)C(NC(=O)C(CCC(=O)O)NC(=O)C(N)CCCN=C(N)N)C(=O)NC(CC(=O)O)C(=O)O. The number of hydrogen-bond donors (Lipinski definition) is 10. The number of carboxylic acid groups (broad SMARTS) is 3. The standard InChI is InChI=1S/C19H33N7O10/c1-8(27)14(17(34)25-11(18(35)36)7-13(30)31)26-16(33)10(4-5-12(28)29)24-15(32)9(20)3-2-6-23-19(21)22/h8-11,14,27H,2-7,20H2,1H3,(H,24,32)(H,25,34)(H,26,33)(H,28,29)(H,30,31)(H,35,36)(H4,21,22,23). The molecule has 5 atom stereocenters. The van der Waals surface area contributed by atoms with Crippen molar-refractivity contribution < 1.29 is 49.2 Å². The first-order chi connectivity index (χ1) is 16.6. The minimum atomic E-state index is -1.85. The monoisotopic (exact) mass is 519 g/mol. The predicted molar refractivity (Wildman–Crippen MR) is 122 cm³/mol. The number of aliphatic hydroxyl groups is 1. The van der Waals surface area contributed by atoms with E-state index in [1.165, 1.54) is 0 Å². The second-order valence-electron chi connectivity index (χ2n) is 7.77. The quantitative estimate of drug-likeness (QED) is 0.0493. The van der Waals surface area contributed by atoms with Crippen LogP contribution in [0, 0.1) is 0 Å². The average Bonchev–Trinajstić information content (AvgIpc) is 2.75. The maximum absolute atomic E-state index is 12.8. The van der Waals surface area contributed by atoms with Gasteiger partial charge in [0.1, 0.15) is 18.1 Å².